The highest BCUT2D eigenvalue weighted by molar-refractivity contribution is 7.15. The predicted octanol–water partition coefficient (Wildman–Crippen LogP) is 1.28. The van der Waals surface area contributed by atoms with E-state index in [0.29, 0.717) is 5.13 Å². The molecule has 0 aliphatic heterocycles. The number of hydrogen-bond donors (Lipinski definition) is 1. The Morgan fingerprint density at radius 1 is 1.54 bits per heavy atom. The summed E-state index contributed by atoms with van der Waals surface area (Å²) in [5.41, 5.74) is 6.68. The Bertz CT molecular complexity index is 365. The van der Waals surface area contributed by atoms with Gasteiger partial charge in [0.1, 0.15) is 0 Å². The topological polar surface area (TPSA) is 56.7 Å². The maximum Gasteiger partial charge on any atom is 0.180 e. The van der Waals surface area contributed by atoms with E-state index in [1.807, 2.05) is 24.0 Å². The van der Waals surface area contributed by atoms with Crippen molar-refractivity contribution in [1.82, 2.24) is 14.8 Å². The highest BCUT2D eigenvalue weighted by atomic mass is 32.1. The van der Waals surface area contributed by atoms with Crippen LogP contribution in [-0.2, 0) is 6.54 Å². The molecule has 0 spiro atoms. The zero-order valence-corrected chi connectivity index (χ0v) is 8.08. The summed E-state index contributed by atoms with van der Waals surface area (Å²) < 4.78 is 1.88. The van der Waals surface area contributed by atoms with Gasteiger partial charge < -0.3 is 5.73 Å². The molecule has 4 nitrogen and oxygen atoms in total. The van der Waals surface area contributed by atoms with Crippen LogP contribution in [0.25, 0.3) is 0 Å². The highest BCUT2D eigenvalue weighted by Crippen LogP contribution is 2.15. The van der Waals surface area contributed by atoms with Crippen LogP contribution < -0.4 is 5.73 Å². The van der Waals surface area contributed by atoms with Gasteiger partial charge in [-0.15, -0.1) is 11.3 Å². The summed E-state index contributed by atoms with van der Waals surface area (Å²) in [5.74, 6) is 0. The monoisotopic (exact) mass is 194 g/mol. The second-order valence-electron chi connectivity index (χ2n) is 2.88. The lowest BCUT2D eigenvalue weighted by Crippen LogP contribution is -1.97. The minimum Gasteiger partial charge on any atom is -0.375 e. The second-order valence-corrected chi connectivity index (χ2v) is 4.03. The van der Waals surface area contributed by atoms with Gasteiger partial charge >= 0.3 is 0 Å². The van der Waals surface area contributed by atoms with Gasteiger partial charge in [-0.05, 0) is 12.5 Å². The number of aryl methyl sites for hydroxylation is 1. The van der Waals surface area contributed by atoms with E-state index in [2.05, 4.69) is 10.1 Å². The molecule has 0 aliphatic rings. The van der Waals surface area contributed by atoms with E-state index in [9.17, 15) is 0 Å². The summed E-state index contributed by atoms with van der Waals surface area (Å²) in [5, 5.41) is 4.79. The molecular formula is C8H10N4S. The molecule has 68 valence electrons. The summed E-state index contributed by atoms with van der Waals surface area (Å²) in [4.78, 5) is 5.10. The van der Waals surface area contributed by atoms with Gasteiger partial charge in [-0.1, -0.05) is 0 Å². The summed E-state index contributed by atoms with van der Waals surface area (Å²) in [6.07, 6.45) is 5.62. The number of rotatable bonds is 2. The Morgan fingerprint density at radius 3 is 2.92 bits per heavy atom. The van der Waals surface area contributed by atoms with E-state index >= 15 is 0 Å². The molecule has 2 aromatic rings. The molecule has 2 aromatic heterocycles. The normalized spacial score (nSPS) is 10.5. The third-order valence-electron chi connectivity index (χ3n) is 1.65. The quantitative estimate of drug-likeness (QED) is 0.783. The average Bonchev–Trinajstić information content (AvgIpc) is 2.62. The van der Waals surface area contributed by atoms with E-state index < -0.39 is 0 Å². The molecule has 0 unspecified atom stereocenters. The number of nitrogens with two attached hydrogens (primary N) is 1. The Hall–Kier alpha value is -1.36. The highest BCUT2D eigenvalue weighted by Gasteiger charge is 2.00. The number of nitrogens with zero attached hydrogens (tertiary/aromatic N) is 3. The lowest BCUT2D eigenvalue weighted by molar-refractivity contribution is 0.693. The standard InChI is InChI=1S/C8H10N4S/c1-6-2-11-12(4-6)5-7-3-10-8(9)13-7/h2-4H,5H2,1H3,(H2,9,10). The third kappa shape index (κ3) is 1.86. The minimum atomic E-state index is 0.610. The van der Waals surface area contributed by atoms with Gasteiger partial charge in [0.05, 0.1) is 12.7 Å². The van der Waals surface area contributed by atoms with Crippen molar-refractivity contribution < 1.29 is 0 Å². The second kappa shape index (κ2) is 3.18. The van der Waals surface area contributed by atoms with Crippen molar-refractivity contribution in [2.75, 3.05) is 5.73 Å². The van der Waals surface area contributed by atoms with Crippen molar-refractivity contribution in [3.63, 3.8) is 0 Å². The number of aromatic nitrogens is 3. The molecule has 0 aromatic carbocycles. The largest absolute Gasteiger partial charge is 0.375 e. The van der Waals surface area contributed by atoms with Gasteiger partial charge in [-0.2, -0.15) is 5.10 Å². The molecule has 0 saturated heterocycles. The van der Waals surface area contributed by atoms with Crippen molar-refractivity contribution in [2.45, 2.75) is 13.5 Å². The lowest BCUT2D eigenvalue weighted by atomic mass is 10.4. The zero-order valence-electron chi connectivity index (χ0n) is 7.27. The fourth-order valence-electron chi connectivity index (χ4n) is 1.11. The Kier molecular flexibility index (Phi) is 2.02. The van der Waals surface area contributed by atoms with Crippen molar-refractivity contribution in [1.29, 1.82) is 0 Å². The molecule has 0 fully saturated rings. The van der Waals surface area contributed by atoms with Gasteiger partial charge in [0.15, 0.2) is 5.13 Å². The summed E-state index contributed by atoms with van der Waals surface area (Å²) >= 11 is 1.50. The van der Waals surface area contributed by atoms with Crippen LogP contribution >= 0.6 is 11.3 Å². The molecule has 0 amide bonds. The van der Waals surface area contributed by atoms with E-state index in [1.54, 1.807) is 6.20 Å². The molecule has 2 heterocycles. The Morgan fingerprint density at radius 2 is 2.38 bits per heavy atom. The molecule has 0 saturated carbocycles. The van der Waals surface area contributed by atoms with Gasteiger partial charge in [0, 0.05) is 17.3 Å². The van der Waals surface area contributed by atoms with Crippen molar-refractivity contribution in [3.8, 4) is 0 Å². The number of thiazole rings is 1. The molecule has 0 radical (unpaired) electrons. The summed E-state index contributed by atoms with van der Waals surface area (Å²) in [6.45, 7) is 2.77. The molecule has 5 heteroatoms. The fourth-order valence-corrected chi connectivity index (χ4v) is 1.79. The molecule has 2 rings (SSSR count). The van der Waals surface area contributed by atoms with Crippen LogP contribution in [0.5, 0.6) is 0 Å². The maximum atomic E-state index is 5.52. The van der Waals surface area contributed by atoms with Crippen LogP contribution in [0, 0.1) is 6.92 Å². The number of nitrogen functional groups attached to an aromatic ring is 1. The molecular weight excluding hydrogens is 184 g/mol. The Balaban J connectivity index is 2.14. The van der Waals surface area contributed by atoms with Crippen LogP contribution in [-0.4, -0.2) is 14.8 Å². The van der Waals surface area contributed by atoms with Gasteiger partial charge in [0.25, 0.3) is 0 Å². The fraction of sp³-hybridized carbons (Fsp3) is 0.250. The van der Waals surface area contributed by atoms with E-state index in [4.69, 9.17) is 5.73 Å². The van der Waals surface area contributed by atoms with Crippen LogP contribution in [0.2, 0.25) is 0 Å². The average molecular weight is 194 g/mol. The van der Waals surface area contributed by atoms with Gasteiger partial charge in [-0.25, -0.2) is 4.98 Å². The van der Waals surface area contributed by atoms with Crippen molar-refractivity contribution in [2.24, 2.45) is 0 Å². The first-order chi connectivity index (χ1) is 6.24. The van der Waals surface area contributed by atoms with E-state index in [0.717, 1.165) is 17.0 Å². The summed E-state index contributed by atoms with van der Waals surface area (Å²) in [7, 11) is 0. The first kappa shape index (κ1) is 8.25. The molecule has 0 aliphatic carbocycles. The Labute approximate surface area is 80.0 Å². The van der Waals surface area contributed by atoms with Crippen LogP contribution in [0.15, 0.2) is 18.6 Å². The first-order valence-electron chi connectivity index (χ1n) is 3.93. The van der Waals surface area contributed by atoms with Gasteiger partial charge in [0.2, 0.25) is 0 Å². The smallest absolute Gasteiger partial charge is 0.180 e. The minimum absolute atomic E-state index is 0.610. The van der Waals surface area contributed by atoms with E-state index in [-0.39, 0.29) is 0 Å². The lowest BCUT2D eigenvalue weighted by Gasteiger charge is -1.95. The van der Waals surface area contributed by atoms with Crippen molar-refractivity contribution in [3.05, 3.63) is 29.0 Å². The molecule has 0 atom stereocenters. The number of anilines is 1. The van der Waals surface area contributed by atoms with Crippen molar-refractivity contribution >= 4 is 16.5 Å². The van der Waals surface area contributed by atoms with Gasteiger partial charge in [-0.3, -0.25) is 4.68 Å². The predicted molar refractivity (Wildman–Crippen MR) is 52.6 cm³/mol. The van der Waals surface area contributed by atoms with E-state index in [1.165, 1.54) is 11.3 Å². The first-order valence-corrected chi connectivity index (χ1v) is 4.75. The third-order valence-corrected chi connectivity index (χ3v) is 2.46. The molecule has 0 bridgehead atoms. The zero-order chi connectivity index (χ0) is 9.26. The van der Waals surface area contributed by atoms with Crippen LogP contribution in [0.1, 0.15) is 10.4 Å². The van der Waals surface area contributed by atoms with Crippen LogP contribution in [0.3, 0.4) is 0 Å². The number of hydrogen-bond acceptors (Lipinski definition) is 4. The molecule has 13 heavy (non-hydrogen) atoms. The molecule has 2 N–H and O–H groups in total. The SMILES string of the molecule is Cc1cnn(Cc2cnc(N)s2)c1. The summed E-state index contributed by atoms with van der Waals surface area (Å²) in [6, 6.07) is 0. The van der Waals surface area contributed by atoms with Crippen LogP contribution in [0.4, 0.5) is 5.13 Å². The maximum absolute atomic E-state index is 5.52.